The predicted octanol–water partition coefficient (Wildman–Crippen LogP) is 2.51. The summed E-state index contributed by atoms with van der Waals surface area (Å²) in [5.74, 6) is 0. The molecular weight excluding hydrogens is 218 g/mol. The molecule has 0 aromatic heterocycles. The largest absolute Gasteiger partial charge is 0.414 e. The summed E-state index contributed by atoms with van der Waals surface area (Å²) in [4.78, 5) is 0. The molecule has 1 fully saturated rings. The van der Waals surface area contributed by atoms with E-state index in [9.17, 15) is 0 Å². The van der Waals surface area contributed by atoms with Crippen molar-refractivity contribution < 1.29 is 9.16 Å². The van der Waals surface area contributed by atoms with Crippen molar-refractivity contribution in [2.75, 3.05) is 13.2 Å². The van der Waals surface area contributed by atoms with Gasteiger partial charge in [0.1, 0.15) is 0 Å². The Kier molecular flexibility index (Phi) is 4.57. The van der Waals surface area contributed by atoms with E-state index in [2.05, 4.69) is 33.9 Å². The highest BCUT2D eigenvalue weighted by atomic mass is 28.4. The van der Waals surface area contributed by atoms with Crippen LogP contribution in [0.15, 0.2) is 0 Å². The van der Waals surface area contributed by atoms with Crippen LogP contribution in [0.4, 0.5) is 0 Å². The molecule has 4 heteroatoms. The van der Waals surface area contributed by atoms with Crippen LogP contribution in [0.1, 0.15) is 33.6 Å². The van der Waals surface area contributed by atoms with E-state index < -0.39 is 8.32 Å². The van der Waals surface area contributed by atoms with Gasteiger partial charge in [0.2, 0.25) is 0 Å². The second-order valence-electron chi connectivity index (χ2n) is 6.35. The zero-order valence-electron chi connectivity index (χ0n) is 11.4. The van der Waals surface area contributed by atoms with Crippen LogP contribution >= 0.6 is 0 Å². The molecule has 0 aromatic carbocycles. The quantitative estimate of drug-likeness (QED) is 0.777. The maximum Gasteiger partial charge on any atom is 0.192 e. The third-order valence-electron chi connectivity index (χ3n) is 3.84. The van der Waals surface area contributed by atoms with E-state index in [-0.39, 0.29) is 11.1 Å². The Bertz CT molecular complexity index is 226. The minimum absolute atomic E-state index is 0.206. The molecule has 0 unspecified atom stereocenters. The van der Waals surface area contributed by atoms with Gasteiger partial charge in [0, 0.05) is 12.6 Å². The number of ether oxygens (including phenoxy) is 1. The van der Waals surface area contributed by atoms with Crippen LogP contribution in [0, 0.1) is 0 Å². The third kappa shape index (κ3) is 3.84. The second-order valence-corrected chi connectivity index (χ2v) is 11.2. The minimum atomic E-state index is -1.63. The van der Waals surface area contributed by atoms with Gasteiger partial charge in [-0.3, -0.25) is 0 Å². The molecule has 2 atom stereocenters. The third-order valence-corrected chi connectivity index (χ3v) is 8.34. The van der Waals surface area contributed by atoms with Crippen LogP contribution in [0.5, 0.6) is 0 Å². The lowest BCUT2D eigenvalue weighted by molar-refractivity contribution is -0.0207. The summed E-state index contributed by atoms with van der Waals surface area (Å²) in [6.07, 6.45) is 2.13. The van der Waals surface area contributed by atoms with Gasteiger partial charge in [-0.05, 0) is 31.0 Å². The van der Waals surface area contributed by atoms with Crippen molar-refractivity contribution in [3.05, 3.63) is 0 Å². The van der Waals surface area contributed by atoms with E-state index in [0.29, 0.717) is 12.6 Å². The van der Waals surface area contributed by atoms with Crippen LogP contribution in [0.25, 0.3) is 0 Å². The topological polar surface area (TPSA) is 44.5 Å². The zero-order chi connectivity index (χ0) is 12.4. The summed E-state index contributed by atoms with van der Waals surface area (Å²) in [6, 6.07) is 0.293. The Hall–Kier alpha value is 0.0969. The van der Waals surface area contributed by atoms with E-state index in [4.69, 9.17) is 14.9 Å². The molecule has 1 rings (SSSR count). The van der Waals surface area contributed by atoms with Gasteiger partial charge in [0.15, 0.2) is 8.32 Å². The molecule has 96 valence electrons. The van der Waals surface area contributed by atoms with Gasteiger partial charge >= 0.3 is 0 Å². The van der Waals surface area contributed by atoms with Crippen LogP contribution in [-0.4, -0.2) is 33.7 Å². The van der Waals surface area contributed by atoms with E-state index in [1.165, 1.54) is 0 Å². The molecule has 1 aliphatic rings. The average Bonchev–Trinajstić information content (AvgIpc) is 2.13. The fourth-order valence-corrected chi connectivity index (χ4v) is 2.58. The molecule has 16 heavy (non-hydrogen) atoms. The summed E-state index contributed by atoms with van der Waals surface area (Å²) in [5, 5.41) is 0.268. The Morgan fingerprint density at radius 3 is 2.50 bits per heavy atom. The van der Waals surface area contributed by atoms with Crippen LogP contribution < -0.4 is 5.73 Å². The Balaban J connectivity index is 2.39. The molecule has 1 aliphatic heterocycles. The van der Waals surface area contributed by atoms with Gasteiger partial charge < -0.3 is 14.9 Å². The van der Waals surface area contributed by atoms with Crippen molar-refractivity contribution in [1.82, 2.24) is 0 Å². The molecule has 0 spiro atoms. The predicted molar refractivity (Wildman–Crippen MR) is 70.1 cm³/mol. The Morgan fingerprint density at radius 1 is 1.38 bits per heavy atom. The molecule has 2 N–H and O–H groups in total. The monoisotopic (exact) mass is 245 g/mol. The van der Waals surface area contributed by atoms with Crippen molar-refractivity contribution >= 4 is 8.32 Å². The summed E-state index contributed by atoms with van der Waals surface area (Å²) < 4.78 is 11.8. The average molecular weight is 245 g/mol. The minimum Gasteiger partial charge on any atom is -0.414 e. The first-order valence-corrected chi connectivity index (χ1v) is 9.14. The number of nitrogens with two attached hydrogens (primary N) is 1. The lowest BCUT2D eigenvalue weighted by Gasteiger charge is -2.38. The van der Waals surface area contributed by atoms with E-state index >= 15 is 0 Å². The maximum absolute atomic E-state index is 6.14. The van der Waals surface area contributed by atoms with Gasteiger partial charge in [-0.15, -0.1) is 0 Å². The standard InChI is InChI=1S/C12H27NO2Si/c1-12(2,3)16(4,5)15-9-11-8-10(13)6-7-14-11/h10-11H,6-9,13H2,1-5H3/t10-,11-/m0/s1. The van der Waals surface area contributed by atoms with Crippen molar-refractivity contribution in [3.8, 4) is 0 Å². The van der Waals surface area contributed by atoms with E-state index in [1.54, 1.807) is 0 Å². The van der Waals surface area contributed by atoms with Gasteiger partial charge in [-0.25, -0.2) is 0 Å². The van der Waals surface area contributed by atoms with E-state index in [1.807, 2.05) is 0 Å². The molecular formula is C12H27NO2Si. The van der Waals surface area contributed by atoms with Crippen molar-refractivity contribution in [2.45, 2.75) is 63.9 Å². The van der Waals surface area contributed by atoms with Crippen LogP contribution in [0.3, 0.4) is 0 Å². The summed E-state index contributed by atoms with van der Waals surface area (Å²) in [5.41, 5.74) is 5.93. The molecule has 3 nitrogen and oxygen atoms in total. The highest BCUT2D eigenvalue weighted by molar-refractivity contribution is 6.74. The molecule has 1 heterocycles. The smallest absolute Gasteiger partial charge is 0.192 e. The van der Waals surface area contributed by atoms with Gasteiger partial charge in [0.05, 0.1) is 12.7 Å². The summed E-state index contributed by atoms with van der Waals surface area (Å²) >= 11 is 0. The van der Waals surface area contributed by atoms with E-state index in [0.717, 1.165) is 19.4 Å². The fourth-order valence-electron chi connectivity index (χ4n) is 1.54. The van der Waals surface area contributed by atoms with Crippen molar-refractivity contribution in [2.24, 2.45) is 5.73 Å². The van der Waals surface area contributed by atoms with Crippen LogP contribution in [-0.2, 0) is 9.16 Å². The normalized spacial score (nSPS) is 28.1. The molecule has 0 bridgehead atoms. The molecule has 0 amide bonds. The number of hydrogen-bond donors (Lipinski definition) is 1. The SMILES string of the molecule is CC(C)(C)[Si](C)(C)OC[C@@H]1C[C@@H](N)CCO1. The zero-order valence-corrected chi connectivity index (χ0v) is 12.4. The Labute approximate surface area is 101 Å². The summed E-state index contributed by atoms with van der Waals surface area (Å²) in [6.45, 7) is 12.8. The van der Waals surface area contributed by atoms with Crippen molar-refractivity contribution in [3.63, 3.8) is 0 Å². The molecule has 1 saturated heterocycles. The molecule has 0 radical (unpaired) electrons. The maximum atomic E-state index is 6.14. The first-order chi connectivity index (χ1) is 7.22. The lowest BCUT2D eigenvalue weighted by atomic mass is 10.1. The second kappa shape index (κ2) is 5.17. The first kappa shape index (κ1) is 14.2. The number of rotatable bonds is 3. The number of hydrogen-bond acceptors (Lipinski definition) is 3. The van der Waals surface area contributed by atoms with Crippen molar-refractivity contribution in [1.29, 1.82) is 0 Å². The first-order valence-electron chi connectivity index (χ1n) is 6.23. The van der Waals surface area contributed by atoms with Crippen LogP contribution in [0.2, 0.25) is 18.1 Å². The lowest BCUT2D eigenvalue weighted by Crippen LogP contribution is -2.45. The van der Waals surface area contributed by atoms with Gasteiger partial charge in [0.25, 0.3) is 0 Å². The molecule has 0 saturated carbocycles. The fraction of sp³-hybridized carbons (Fsp3) is 1.00. The molecule has 0 aliphatic carbocycles. The summed E-state index contributed by atoms with van der Waals surface area (Å²) in [7, 11) is -1.63. The van der Waals surface area contributed by atoms with Gasteiger partial charge in [-0.2, -0.15) is 0 Å². The van der Waals surface area contributed by atoms with Gasteiger partial charge in [-0.1, -0.05) is 20.8 Å². The Morgan fingerprint density at radius 2 is 2.00 bits per heavy atom. The highest BCUT2D eigenvalue weighted by Crippen LogP contribution is 2.36. The molecule has 0 aromatic rings. The highest BCUT2D eigenvalue weighted by Gasteiger charge is 2.38.